The number of rotatable bonds is 4. The average molecular weight is 405 g/mol. The third-order valence-corrected chi connectivity index (χ3v) is 5.75. The van der Waals surface area contributed by atoms with Crippen molar-refractivity contribution in [1.82, 2.24) is 9.55 Å². The van der Waals surface area contributed by atoms with Gasteiger partial charge in [0.1, 0.15) is 0 Å². The zero-order valence-corrected chi connectivity index (χ0v) is 16.8. The molecule has 0 aliphatic carbocycles. The van der Waals surface area contributed by atoms with Crippen LogP contribution >= 0.6 is 11.3 Å². The number of hydrogen-bond donors (Lipinski definition) is 0. The largest absolute Gasteiger partial charge is 0.466 e. The van der Waals surface area contributed by atoms with Crippen molar-refractivity contribution in [3.63, 3.8) is 0 Å². The lowest BCUT2D eigenvalue weighted by atomic mass is 9.95. The Kier molecular flexibility index (Phi) is 5.22. The van der Waals surface area contributed by atoms with E-state index in [9.17, 15) is 9.59 Å². The van der Waals surface area contributed by atoms with Gasteiger partial charge in [0.15, 0.2) is 4.80 Å². The minimum Gasteiger partial charge on any atom is -0.466 e. The molecule has 0 radical (unpaired) electrons. The lowest BCUT2D eigenvalue weighted by Crippen LogP contribution is -2.40. The molecule has 29 heavy (non-hydrogen) atoms. The molecule has 0 N–H and O–H groups in total. The van der Waals surface area contributed by atoms with E-state index in [4.69, 9.17) is 4.74 Å². The molecule has 7 heteroatoms. The molecule has 4 rings (SSSR count). The third kappa shape index (κ3) is 3.45. The molecule has 1 atom stereocenters. The highest BCUT2D eigenvalue weighted by molar-refractivity contribution is 7.07. The molecule has 3 heterocycles. The van der Waals surface area contributed by atoms with E-state index in [2.05, 4.69) is 9.98 Å². The number of esters is 1. The van der Waals surface area contributed by atoms with Gasteiger partial charge in [0.25, 0.3) is 5.56 Å². The highest BCUT2D eigenvalue weighted by Crippen LogP contribution is 2.31. The molecule has 146 valence electrons. The maximum Gasteiger partial charge on any atom is 0.338 e. The number of carbonyl (C=O) groups is 1. The van der Waals surface area contributed by atoms with Crippen molar-refractivity contribution in [2.24, 2.45) is 4.99 Å². The zero-order valence-electron chi connectivity index (χ0n) is 16.0. The summed E-state index contributed by atoms with van der Waals surface area (Å²) >= 11 is 1.32. The van der Waals surface area contributed by atoms with Gasteiger partial charge in [-0.25, -0.2) is 9.79 Å². The van der Waals surface area contributed by atoms with Gasteiger partial charge in [-0.1, -0.05) is 48.6 Å². The molecular weight excluding hydrogens is 386 g/mol. The predicted molar refractivity (Wildman–Crippen MR) is 111 cm³/mol. The summed E-state index contributed by atoms with van der Waals surface area (Å²) in [5, 5.41) is 0. The second kappa shape index (κ2) is 7.97. The molecule has 2 aromatic heterocycles. The van der Waals surface area contributed by atoms with Gasteiger partial charge in [0.2, 0.25) is 0 Å². The van der Waals surface area contributed by atoms with E-state index >= 15 is 0 Å². The number of benzene rings is 1. The number of nitrogens with zero attached hydrogens (tertiary/aromatic N) is 3. The van der Waals surface area contributed by atoms with Gasteiger partial charge in [-0.15, -0.1) is 0 Å². The van der Waals surface area contributed by atoms with Crippen LogP contribution in [0.15, 0.2) is 75.9 Å². The van der Waals surface area contributed by atoms with E-state index in [0.717, 1.165) is 11.1 Å². The zero-order chi connectivity index (χ0) is 20.4. The molecule has 0 unspecified atom stereocenters. The molecule has 6 nitrogen and oxygen atoms in total. The van der Waals surface area contributed by atoms with Crippen LogP contribution in [-0.4, -0.2) is 22.6 Å². The van der Waals surface area contributed by atoms with E-state index in [0.29, 0.717) is 27.0 Å². The third-order valence-electron chi connectivity index (χ3n) is 4.77. The number of hydrogen-bond acceptors (Lipinski definition) is 6. The van der Waals surface area contributed by atoms with Crippen molar-refractivity contribution in [1.29, 1.82) is 0 Å². The Balaban J connectivity index is 2.01. The van der Waals surface area contributed by atoms with E-state index in [-0.39, 0.29) is 5.56 Å². The van der Waals surface area contributed by atoms with Crippen LogP contribution in [0.1, 0.15) is 30.5 Å². The first-order chi connectivity index (χ1) is 14.1. The second-order valence-corrected chi connectivity index (χ2v) is 7.49. The highest BCUT2D eigenvalue weighted by atomic mass is 32.1. The van der Waals surface area contributed by atoms with E-state index in [1.165, 1.54) is 18.4 Å². The molecular formula is C22H19N3O3S. The summed E-state index contributed by atoms with van der Waals surface area (Å²) in [6.07, 6.45) is 5.74. The number of allylic oxidation sites excluding steroid dienone is 1. The lowest BCUT2D eigenvalue weighted by Gasteiger charge is -2.25. The van der Waals surface area contributed by atoms with Crippen LogP contribution in [0.4, 0.5) is 0 Å². The number of ether oxygens (including phenoxy) is 1. The Bertz CT molecular complexity index is 1260. The molecule has 3 aromatic rings. The Morgan fingerprint density at radius 2 is 1.93 bits per heavy atom. The molecule has 0 bridgehead atoms. The Hall–Kier alpha value is -3.32. The van der Waals surface area contributed by atoms with Crippen LogP contribution in [0.25, 0.3) is 6.08 Å². The first-order valence-corrected chi connectivity index (χ1v) is 10.0. The summed E-state index contributed by atoms with van der Waals surface area (Å²) < 4.78 is 7.20. The van der Waals surface area contributed by atoms with Crippen LogP contribution < -0.4 is 14.9 Å². The molecule has 1 aliphatic rings. The lowest BCUT2D eigenvalue weighted by molar-refractivity contribution is -0.136. The summed E-state index contributed by atoms with van der Waals surface area (Å²) in [5.74, 6) is -0.470. The molecule has 1 aromatic carbocycles. The van der Waals surface area contributed by atoms with E-state index in [1.54, 1.807) is 17.0 Å². The quantitative estimate of drug-likeness (QED) is 0.624. The standard InChI is InChI=1S/C22H19N3O3S/c1-3-16-18(21(27)28-2)19(15-7-5-4-6-8-15)25-20(26)17(29-22(25)24-16)13-14-9-11-23-12-10-14/h4-13,19H,3H2,1-2H3/b17-13-/t19-/m1/s1. The van der Waals surface area contributed by atoms with E-state index < -0.39 is 12.0 Å². The maximum absolute atomic E-state index is 13.3. The average Bonchev–Trinajstić information content (AvgIpc) is 3.08. The monoisotopic (exact) mass is 405 g/mol. The van der Waals surface area contributed by atoms with Gasteiger partial charge in [-0.2, -0.15) is 0 Å². The van der Waals surface area contributed by atoms with Gasteiger partial charge in [0, 0.05) is 12.4 Å². The van der Waals surface area contributed by atoms with E-state index in [1.807, 2.05) is 55.5 Å². The SMILES string of the molecule is CCC1=C(C(=O)OC)[C@@H](c2ccccc2)n2c(s/c(=C\c3ccncc3)c2=O)=N1. The van der Waals surface area contributed by atoms with Gasteiger partial charge in [0.05, 0.1) is 29.0 Å². The van der Waals surface area contributed by atoms with Gasteiger partial charge in [-0.05, 0) is 35.8 Å². The number of thiazole rings is 1. The summed E-state index contributed by atoms with van der Waals surface area (Å²) in [4.78, 5) is 35.2. The molecule has 0 spiro atoms. The van der Waals surface area contributed by atoms with Crippen LogP contribution in [0.2, 0.25) is 0 Å². The normalized spacial score (nSPS) is 16.3. The fourth-order valence-corrected chi connectivity index (χ4v) is 4.45. The second-order valence-electron chi connectivity index (χ2n) is 6.48. The van der Waals surface area contributed by atoms with Crippen LogP contribution in [0, 0.1) is 0 Å². The number of fused-ring (bicyclic) bond motifs is 1. The molecule has 0 amide bonds. The van der Waals surface area contributed by atoms with Gasteiger partial charge in [-0.3, -0.25) is 14.3 Å². The Morgan fingerprint density at radius 3 is 2.59 bits per heavy atom. The maximum atomic E-state index is 13.3. The van der Waals surface area contributed by atoms with Crippen LogP contribution in [-0.2, 0) is 9.53 Å². The number of aromatic nitrogens is 2. The number of pyridine rings is 1. The van der Waals surface area contributed by atoms with Crippen molar-refractivity contribution in [3.05, 3.63) is 96.9 Å². The molecule has 0 fully saturated rings. The fourth-order valence-electron chi connectivity index (χ4n) is 3.43. The molecule has 0 saturated heterocycles. The van der Waals surface area contributed by atoms with Crippen molar-refractivity contribution in [2.75, 3.05) is 7.11 Å². The van der Waals surface area contributed by atoms with Crippen molar-refractivity contribution in [3.8, 4) is 0 Å². The Morgan fingerprint density at radius 1 is 1.21 bits per heavy atom. The smallest absolute Gasteiger partial charge is 0.338 e. The summed E-state index contributed by atoms with van der Waals surface area (Å²) in [6.45, 7) is 1.94. The van der Waals surface area contributed by atoms with Crippen LogP contribution in [0.3, 0.4) is 0 Å². The Labute approximate surface area is 171 Å². The molecule has 1 aliphatic heterocycles. The molecule has 0 saturated carbocycles. The fraction of sp³-hybridized carbons (Fsp3) is 0.182. The van der Waals surface area contributed by atoms with Crippen molar-refractivity contribution >= 4 is 23.4 Å². The number of methoxy groups -OCH3 is 1. The van der Waals surface area contributed by atoms with Crippen molar-refractivity contribution in [2.45, 2.75) is 19.4 Å². The summed E-state index contributed by atoms with van der Waals surface area (Å²) in [5.41, 5.74) is 2.58. The first-order valence-electron chi connectivity index (χ1n) is 9.22. The highest BCUT2D eigenvalue weighted by Gasteiger charge is 2.33. The van der Waals surface area contributed by atoms with Crippen molar-refractivity contribution < 1.29 is 9.53 Å². The van der Waals surface area contributed by atoms with Gasteiger partial charge >= 0.3 is 5.97 Å². The van der Waals surface area contributed by atoms with Gasteiger partial charge < -0.3 is 4.74 Å². The first kappa shape index (κ1) is 19.0. The summed E-state index contributed by atoms with van der Waals surface area (Å²) in [6, 6.07) is 12.6. The predicted octanol–water partition coefficient (Wildman–Crippen LogP) is 2.19. The minimum absolute atomic E-state index is 0.184. The number of carbonyl (C=O) groups excluding carboxylic acids is 1. The topological polar surface area (TPSA) is 73.6 Å². The summed E-state index contributed by atoms with van der Waals surface area (Å²) in [7, 11) is 1.35. The van der Waals surface area contributed by atoms with Crippen LogP contribution in [0.5, 0.6) is 0 Å². The minimum atomic E-state index is -0.575.